The number of carbonyl (C=O) groups is 2. The number of likely N-dealkylation sites (tertiary alicyclic amines) is 1. The number of aromatic nitrogens is 4. The van der Waals surface area contributed by atoms with E-state index in [1.54, 1.807) is 23.3 Å². The fourth-order valence-corrected chi connectivity index (χ4v) is 4.09. The first-order valence-electron chi connectivity index (χ1n) is 11.0. The van der Waals surface area contributed by atoms with Crippen LogP contribution in [0.15, 0.2) is 48.9 Å². The Morgan fingerprint density at radius 1 is 1.09 bits per heavy atom. The highest BCUT2D eigenvalue weighted by atomic mass is 16.2. The van der Waals surface area contributed by atoms with Crippen LogP contribution in [0.25, 0.3) is 5.82 Å². The molecule has 2 amide bonds. The Morgan fingerprint density at radius 2 is 1.88 bits per heavy atom. The molecule has 0 radical (unpaired) electrons. The number of hydrogen-bond acceptors (Lipinski definition) is 5. The van der Waals surface area contributed by atoms with Crippen molar-refractivity contribution in [2.24, 2.45) is 5.92 Å². The predicted octanol–water partition coefficient (Wildman–Crippen LogP) is 3.59. The Kier molecular flexibility index (Phi) is 6.30. The van der Waals surface area contributed by atoms with Gasteiger partial charge in [0.1, 0.15) is 5.82 Å². The van der Waals surface area contributed by atoms with E-state index in [-0.39, 0.29) is 23.7 Å². The third-order valence-corrected chi connectivity index (χ3v) is 5.77. The number of nitrogens with zero attached hydrogens (tertiary/aromatic N) is 5. The fraction of sp³-hybridized carbons (Fsp3) is 0.375. The van der Waals surface area contributed by atoms with E-state index >= 15 is 0 Å². The smallest absolute Gasteiger partial charge is 0.257 e. The Labute approximate surface area is 187 Å². The van der Waals surface area contributed by atoms with Gasteiger partial charge in [-0.3, -0.25) is 9.59 Å². The summed E-state index contributed by atoms with van der Waals surface area (Å²) in [6, 6.07) is 9.37. The van der Waals surface area contributed by atoms with Crippen molar-refractivity contribution < 1.29 is 9.59 Å². The summed E-state index contributed by atoms with van der Waals surface area (Å²) < 4.78 is 1.74. The summed E-state index contributed by atoms with van der Waals surface area (Å²) in [5, 5.41) is 7.36. The van der Waals surface area contributed by atoms with Gasteiger partial charge in [0.25, 0.3) is 5.91 Å². The van der Waals surface area contributed by atoms with Crippen molar-refractivity contribution in [3.8, 4) is 5.82 Å². The standard InChI is InChI=1S/C24H28N6O2/c1-16(2)22-19(15-27-30(22)21-6-4-5-10-26-21)24(32)29-12-8-18(9-13-29)23(31)28-20-14-17(3)7-11-25-20/h4-7,10-11,14-16,18H,8-9,12-13H2,1-3H3,(H,25,28,31). The zero-order valence-corrected chi connectivity index (χ0v) is 18.7. The zero-order valence-electron chi connectivity index (χ0n) is 18.7. The third-order valence-electron chi connectivity index (χ3n) is 5.77. The Hall–Kier alpha value is -3.55. The van der Waals surface area contributed by atoms with Crippen molar-refractivity contribution in [2.45, 2.75) is 39.5 Å². The summed E-state index contributed by atoms with van der Waals surface area (Å²) in [7, 11) is 0. The summed E-state index contributed by atoms with van der Waals surface area (Å²) in [5.74, 6) is 1.13. The molecule has 1 N–H and O–H groups in total. The number of rotatable bonds is 5. The van der Waals surface area contributed by atoms with Crippen LogP contribution in [-0.2, 0) is 4.79 Å². The van der Waals surface area contributed by atoms with Crippen LogP contribution in [0.5, 0.6) is 0 Å². The second kappa shape index (κ2) is 9.30. The SMILES string of the molecule is Cc1ccnc(NC(=O)C2CCN(C(=O)c3cnn(-c4ccccn4)c3C(C)C)CC2)c1. The van der Waals surface area contributed by atoms with Gasteiger partial charge in [-0.2, -0.15) is 5.10 Å². The molecule has 3 aromatic heterocycles. The molecule has 32 heavy (non-hydrogen) atoms. The summed E-state index contributed by atoms with van der Waals surface area (Å²) in [4.78, 5) is 36.4. The molecule has 0 unspecified atom stereocenters. The first kappa shape index (κ1) is 21.7. The van der Waals surface area contributed by atoms with Crippen molar-refractivity contribution in [2.75, 3.05) is 18.4 Å². The minimum absolute atomic E-state index is 0.0407. The minimum Gasteiger partial charge on any atom is -0.338 e. The molecule has 0 aromatic carbocycles. The van der Waals surface area contributed by atoms with E-state index in [9.17, 15) is 9.59 Å². The number of hydrogen-bond donors (Lipinski definition) is 1. The molecule has 8 heteroatoms. The average Bonchev–Trinajstić information content (AvgIpc) is 3.25. The molecule has 0 spiro atoms. The highest BCUT2D eigenvalue weighted by Crippen LogP contribution is 2.26. The largest absolute Gasteiger partial charge is 0.338 e. The molecule has 1 fully saturated rings. The molecule has 8 nitrogen and oxygen atoms in total. The summed E-state index contributed by atoms with van der Waals surface area (Å²) in [6.45, 7) is 7.12. The van der Waals surface area contributed by atoms with Gasteiger partial charge < -0.3 is 10.2 Å². The molecule has 4 heterocycles. The molecular weight excluding hydrogens is 404 g/mol. The summed E-state index contributed by atoms with van der Waals surface area (Å²) in [5.41, 5.74) is 2.49. The van der Waals surface area contributed by atoms with Crippen LogP contribution in [0.3, 0.4) is 0 Å². The maximum atomic E-state index is 13.3. The minimum atomic E-state index is -0.137. The van der Waals surface area contributed by atoms with Gasteiger partial charge in [0, 0.05) is 31.4 Å². The van der Waals surface area contributed by atoms with Crippen molar-refractivity contribution in [1.29, 1.82) is 0 Å². The highest BCUT2D eigenvalue weighted by Gasteiger charge is 2.31. The molecule has 1 aliphatic heterocycles. The Morgan fingerprint density at radius 3 is 2.53 bits per heavy atom. The van der Waals surface area contributed by atoms with Crippen molar-refractivity contribution >= 4 is 17.6 Å². The molecule has 0 saturated carbocycles. The second-order valence-corrected chi connectivity index (χ2v) is 8.47. The topological polar surface area (TPSA) is 93.0 Å². The van der Waals surface area contributed by atoms with Crippen LogP contribution in [0.1, 0.15) is 54.2 Å². The average molecular weight is 433 g/mol. The third kappa shape index (κ3) is 4.54. The predicted molar refractivity (Wildman–Crippen MR) is 122 cm³/mol. The number of nitrogens with one attached hydrogen (secondary N) is 1. The van der Waals surface area contributed by atoms with E-state index in [0.717, 1.165) is 11.3 Å². The zero-order chi connectivity index (χ0) is 22.7. The normalized spacial score (nSPS) is 14.6. The van der Waals surface area contributed by atoms with Gasteiger partial charge in [-0.15, -0.1) is 0 Å². The molecular formula is C24H28N6O2. The van der Waals surface area contributed by atoms with Crippen LogP contribution in [0, 0.1) is 12.8 Å². The maximum Gasteiger partial charge on any atom is 0.257 e. The van der Waals surface area contributed by atoms with E-state index < -0.39 is 0 Å². The van der Waals surface area contributed by atoms with Gasteiger partial charge in [-0.1, -0.05) is 19.9 Å². The van der Waals surface area contributed by atoms with Gasteiger partial charge >= 0.3 is 0 Å². The van der Waals surface area contributed by atoms with E-state index in [1.807, 2.05) is 56.0 Å². The number of piperidine rings is 1. The van der Waals surface area contributed by atoms with Gasteiger partial charge in [-0.05, 0) is 55.5 Å². The second-order valence-electron chi connectivity index (χ2n) is 8.47. The van der Waals surface area contributed by atoms with E-state index in [0.29, 0.717) is 43.1 Å². The first-order valence-corrected chi connectivity index (χ1v) is 11.0. The lowest BCUT2D eigenvalue weighted by Crippen LogP contribution is -2.41. The van der Waals surface area contributed by atoms with Gasteiger partial charge in [0.15, 0.2) is 5.82 Å². The fourth-order valence-electron chi connectivity index (χ4n) is 4.09. The van der Waals surface area contributed by atoms with Crippen LogP contribution in [0.4, 0.5) is 5.82 Å². The molecule has 4 rings (SSSR count). The number of aryl methyl sites for hydroxylation is 1. The van der Waals surface area contributed by atoms with Crippen molar-refractivity contribution in [1.82, 2.24) is 24.6 Å². The number of pyridine rings is 2. The Bertz CT molecular complexity index is 1100. The van der Waals surface area contributed by atoms with Gasteiger partial charge in [0.05, 0.1) is 17.5 Å². The van der Waals surface area contributed by atoms with E-state index in [2.05, 4.69) is 20.4 Å². The van der Waals surface area contributed by atoms with Crippen molar-refractivity contribution in [3.63, 3.8) is 0 Å². The van der Waals surface area contributed by atoms with Gasteiger partial charge in [-0.25, -0.2) is 14.6 Å². The lowest BCUT2D eigenvalue weighted by atomic mass is 9.95. The van der Waals surface area contributed by atoms with Crippen LogP contribution in [0.2, 0.25) is 0 Å². The number of carbonyl (C=O) groups excluding carboxylic acids is 2. The van der Waals surface area contributed by atoms with Crippen LogP contribution < -0.4 is 5.32 Å². The first-order chi connectivity index (χ1) is 15.4. The molecule has 3 aromatic rings. The van der Waals surface area contributed by atoms with E-state index in [4.69, 9.17) is 0 Å². The molecule has 0 bridgehead atoms. The molecule has 0 aliphatic carbocycles. The quantitative estimate of drug-likeness (QED) is 0.665. The highest BCUT2D eigenvalue weighted by molar-refractivity contribution is 5.96. The summed E-state index contributed by atoms with van der Waals surface area (Å²) >= 11 is 0. The number of amides is 2. The van der Waals surface area contributed by atoms with Crippen LogP contribution >= 0.6 is 0 Å². The molecule has 1 aliphatic rings. The Balaban J connectivity index is 1.43. The lowest BCUT2D eigenvalue weighted by molar-refractivity contribution is -0.121. The number of anilines is 1. The monoisotopic (exact) mass is 432 g/mol. The molecule has 1 saturated heterocycles. The van der Waals surface area contributed by atoms with Crippen molar-refractivity contribution in [3.05, 3.63) is 65.7 Å². The summed E-state index contributed by atoms with van der Waals surface area (Å²) in [6.07, 6.45) is 6.27. The molecule has 0 atom stereocenters. The van der Waals surface area contributed by atoms with Gasteiger partial charge in [0.2, 0.25) is 5.91 Å². The lowest BCUT2D eigenvalue weighted by Gasteiger charge is -2.31. The van der Waals surface area contributed by atoms with Crippen LogP contribution in [-0.4, -0.2) is 49.6 Å². The maximum absolute atomic E-state index is 13.3. The molecule has 166 valence electrons. The van der Waals surface area contributed by atoms with E-state index in [1.165, 1.54) is 0 Å².